The van der Waals surface area contributed by atoms with Crippen LogP contribution in [-0.2, 0) is 4.79 Å². The van der Waals surface area contributed by atoms with E-state index in [0.717, 1.165) is 44.5 Å². The lowest BCUT2D eigenvalue weighted by atomic mass is 9.68. The number of fused-ring (bicyclic) bond motifs is 1. The van der Waals surface area contributed by atoms with Crippen molar-refractivity contribution in [2.45, 2.75) is 63.6 Å². The second-order valence-electron chi connectivity index (χ2n) is 8.82. The third kappa shape index (κ3) is 3.49. The molecule has 1 aromatic carbocycles. The number of piperidine rings is 1. The molecule has 0 aromatic heterocycles. The zero-order chi connectivity index (χ0) is 19.0. The number of hydrogen-bond acceptors (Lipinski definition) is 5. The molecular weight excluding hydrogens is 338 g/mol. The number of ether oxygens (including phenoxy) is 1. The van der Waals surface area contributed by atoms with Crippen molar-refractivity contribution in [2.75, 3.05) is 13.1 Å². The Kier molecular flexibility index (Phi) is 4.96. The smallest absolute Gasteiger partial charge is 0.133 e. The Balaban J connectivity index is 1.61. The van der Waals surface area contributed by atoms with Crippen molar-refractivity contribution in [3.05, 3.63) is 29.8 Å². The maximum atomic E-state index is 12.1. The first-order valence-corrected chi connectivity index (χ1v) is 10.2. The van der Waals surface area contributed by atoms with Gasteiger partial charge in [0.15, 0.2) is 0 Å². The summed E-state index contributed by atoms with van der Waals surface area (Å²) in [5, 5.41) is 9.03. The van der Waals surface area contributed by atoms with Gasteiger partial charge in [0.25, 0.3) is 0 Å². The van der Waals surface area contributed by atoms with E-state index in [1.807, 2.05) is 12.1 Å². The van der Waals surface area contributed by atoms with Crippen LogP contribution in [0.3, 0.4) is 0 Å². The zero-order valence-electron chi connectivity index (χ0n) is 16.1. The van der Waals surface area contributed by atoms with Gasteiger partial charge in [-0.25, -0.2) is 0 Å². The fourth-order valence-electron chi connectivity index (χ4n) is 5.45. The highest BCUT2D eigenvalue weighted by atomic mass is 16.5. The van der Waals surface area contributed by atoms with Gasteiger partial charge in [-0.3, -0.25) is 9.69 Å². The van der Waals surface area contributed by atoms with Crippen LogP contribution in [0.15, 0.2) is 24.3 Å². The van der Waals surface area contributed by atoms with Gasteiger partial charge in [-0.05, 0) is 62.4 Å². The number of nitrogens with zero attached hydrogens (tertiary/aromatic N) is 2. The summed E-state index contributed by atoms with van der Waals surface area (Å²) in [4.78, 5) is 14.6. The predicted molar refractivity (Wildman–Crippen MR) is 103 cm³/mol. The zero-order valence-corrected chi connectivity index (χ0v) is 16.1. The van der Waals surface area contributed by atoms with Crippen molar-refractivity contribution in [3.63, 3.8) is 0 Å². The van der Waals surface area contributed by atoms with E-state index in [-0.39, 0.29) is 17.6 Å². The van der Waals surface area contributed by atoms with Crippen LogP contribution in [-0.4, -0.2) is 42.0 Å². The minimum Gasteiger partial charge on any atom is -0.488 e. The molecule has 5 nitrogen and oxygen atoms in total. The number of nitrogens with two attached hydrogens (primary N) is 1. The number of benzene rings is 1. The van der Waals surface area contributed by atoms with E-state index in [0.29, 0.717) is 36.1 Å². The summed E-state index contributed by atoms with van der Waals surface area (Å²) in [7, 11) is 0. The molecule has 1 aromatic rings. The summed E-state index contributed by atoms with van der Waals surface area (Å²) < 4.78 is 6.58. The van der Waals surface area contributed by atoms with Gasteiger partial charge in [-0.2, -0.15) is 5.26 Å². The van der Waals surface area contributed by atoms with Crippen molar-refractivity contribution in [2.24, 2.45) is 17.1 Å². The van der Waals surface area contributed by atoms with Crippen molar-refractivity contribution in [3.8, 4) is 11.8 Å². The lowest BCUT2D eigenvalue weighted by Crippen LogP contribution is -2.54. The number of likely N-dealkylation sites (tertiary alicyclic amines) is 1. The molecule has 0 spiro atoms. The topological polar surface area (TPSA) is 79.3 Å². The Morgan fingerprint density at radius 1 is 1.33 bits per heavy atom. The van der Waals surface area contributed by atoms with Gasteiger partial charge < -0.3 is 10.5 Å². The quantitative estimate of drug-likeness (QED) is 0.889. The molecule has 5 atom stereocenters. The van der Waals surface area contributed by atoms with Crippen molar-refractivity contribution in [1.82, 2.24) is 4.90 Å². The molecule has 0 amide bonds. The van der Waals surface area contributed by atoms with E-state index in [2.05, 4.69) is 17.9 Å². The van der Waals surface area contributed by atoms with Crippen LogP contribution in [0, 0.1) is 22.7 Å². The van der Waals surface area contributed by atoms with E-state index in [1.165, 1.54) is 0 Å². The number of carbonyl (C=O) groups excluding carboxylic acids is 1. The molecule has 1 aliphatic heterocycles. The highest BCUT2D eigenvalue weighted by molar-refractivity contribution is 5.79. The van der Waals surface area contributed by atoms with Crippen LogP contribution in [0.25, 0.3) is 0 Å². The highest BCUT2D eigenvalue weighted by Crippen LogP contribution is 2.54. The first-order valence-electron chi connectivity index (χ1n) is 10.2. The van der Waals surface area contributed by atoms with Gasteiger partial charge in [-0.1, -0.05) is 6.92 Å². The van der Waals surface area contributed by atoms with Crippen LogP contribution < -0.4 is 10.5 Å². The van der Waals surface area contributed by atoms with Crippen LogP contribution in [0.2, 0.25) is 0 Å². The molecule has 0 radical (unpaired) electrons. The van der Waals surface area contributed by atoms with Crippen molar-refractivity contribution in [1.29, 1.82) is 5.26 Å². The number of rotatable bonds is 3. The molecule has 2 N–H and O–H groups in total. The Morgan fingerprint density at radius 2 is 2.11 bits per heavy atom. The Morgan fingerprint density at radius 3 is 2.81 bits per heavy atom. The first-order chi connectivity index (χ1) is 13.0. The van der Waals surface area contributed by atoms with Gasteiger partial charge in [0.2, 0.25) is 0 Å². The summed E-state index contributed by atoms with van der Waals surface area (Å²) in [5.41, 5.74) is 6.90. The Bertz CT molecular complexity index is 741. The minimum absolute atomic E-state index is 0.00796. The normalized spacial score (nSPS) is 36.9. The van der Waals surface area contributed by atoms with E-state index in [1.54, 1.807) is 12.1 Å². The van der Waals surface area contributed by atoms with Crippen molar-refractivity contribution >= 4 is 5.78 Å². The van der Waals surface area contributed by atoms with E-state index >= 15 is 0 Å². The maximum absolute atomic E-state index is 12.1. The summed E-state index contributed by atoms with van der Waals surface area (Å²) in [6.07, 6.45) is 5.51. The van der Waals surface area contributed by atoms with E-state index < -0.39 is 0 Å². The molecule has 27 heavy (non-hydrogen) atoms. The largest absolute Gasteiger partial charge is 0.488 e. The lowest BCUT2D eigenvalue weighted by molar-refractivity contribution is -0.125. The average Bonchev–Trinajstić information content (AvgIpc) is 2.95. The molecule has 0 bridgehead atoms. The standard InChI is InChI=1S/C22H29N3O2/c1-22-9-8-18(26)11-16(22)12-20(25-10-2-3-17(24)14-25)21(22)27-19-6-4-15(13-23)5-7-19/h4-7,16-17,20-21H,2-3,8-12,14,24H2,1H3. The molecule has 5 heteroatoms. The summed E-state index contributed by atoms with van der Waals surface area (Å²) in [6, 6.07) is 10.1. The maximum Gasteiger partial charge on any atom is 0.133 e. The monoisotopic (exact) mass is 367 g/mol. The van der Waals surface area contributed by atoms with E-state index in [4.69, 9.17) is 15.7 Å². The molecule has 5 unspecified atom stereocenters. The summed E-state index contributed by atoms with van der Waals surface area (Å²) in [5.74, 6) is 1.58. The SMILES string of the molecule is CC12CCC(=O)CC1CC(N1CCCC(N)C1)C2Oc1ccc(C#N)cc1. The first kappa shape index (κ1) is 18.5. The molecule has 4 rings (SSSR count). The Hall–Kier alpha value is -1.90. The second kappa shape index (κ2) is 7.26. The molecule has 144 valence electrons. The molecular formula is C22H29N3O2. The average molecular weight is 367 g/mol. The number of Topliss-reactive ketones (excluding diaryl/α,β-unsaturated/α-hetero) is 1. The van der Waals surface area contributed by atoms with Gasteiger partial charge in [0, 0.05) is 36.9 Å². The van der Waals surface area contributed by atoms with E-state index in [9.17, 15) is 4.79 Å². The Labute approximate surface area is 161 Å². The summed E-state index contributed by atoms with van der Waals surface area (Å²) in [6.45, 7) is 4.28. The molecule has 1 saturated heterocycles. The summed E-state index contributed by atoms with van der Waals surface area (Å²) >= 11 is 0. The molecule has 3 aliphatic rings. The molecule has 1 heterocycles. The van der Waals surface area contributed by atoms with Gasteiger partial charge in [0.05, 0.1) is 11.6 Å². The highest BCUT2D eigenvalue weighted by Gasteiger charge is 2.57. The van der Waals surface area contributed by atoms with Crippen LogP contribution in [0.1, 0.15) is 51.0 Å². The number of hydrogen-bond donors (Lipinski definition) is 1. The van der Waals surface area contributed by atoms with Crippen LogP contribution in [0.4, 0.5) is 0 Å². The fraction of sp³-hybridized carbons (Fsp3) is 0.636. The molecule has 2 aliphatic carbocycles. The van der Waals surface area contributed by atoms with Gasteiger partial charge in [-0.15, -0.1) is 0 Å². The van der Waals surface area contributed by atoms with Crippen LogP contribution >= 0.6 is 0 Å². The minimum atomic E-state index is 0.00796. The number of carbonyl (C=O) groups is 1. The third-order valence-corrected chi connectivity index (χ3v) is 7.08. The number of ketones is 1. The molecule has 3 fully saturated rings. The van der Waals surface area contributed by atoms with Crippen molar-refractivity contribution < 1.29 is 9.53 Å². The molecule has 2 saturated carbocycles. The third-order valence-electron chi connectivity index (χ3n) is 7.08. The number of nitriles is 1. The fourth-order valence-corrected chi connectivity index (χ4v) is 5.45. The van der Waals surface area contributed by atoms with Gasteiger partial charge in [0.1, 0.15) is 17.6 Å². The van der Waals surface area contributed by atoms with Gasteiger partial charge >= 0.3 is 0 Å². The predicted octanol–water partition coefficient (Wildman–Crippen LogP) is 2.88. The van der Waals surface area contributed by atoms with Crippen LogP contribution in [0.5, 0.6) is 5.75 Å². The lowest BCUT2D eigenvalue weighted by Gasteiger charge is -2.43. The second-order valence-corrected chi connectivity index (χ2v) is 8.82.